The molecular formula is C17H17F3O3. The monoisotopic (exact) mass is 326 g/mol. The highest BCUT2D eigenvalue weighted by Gasteiger charge is 2.47. The Labute approximate surface area is 132 Å². The van der Waals surface area contributed by atoms with Gasteiger partial charge in [-0.05, 0) is 32.4 Å². The lowest BCUT2D eigenvalue weighted by Crippen LogP contribution is -2.40. The smallest absolute Gasteiger partial charge is 0.416 e. The van der Waals surface area contributed by atoms with Crippen LogP contribution in [0.3, 0.4) is 0 Å². The van der Waals surface area contributed by atoms with Crippen LogP contribution in [-0.4, -0.2) is 17.2 Å². The van der Waals surface area contributed by atoms with Crippen molar-refractivity contribution in [2.75, 3.05) is 0 Å². The SMILES string of the molecule is CC(=O)C[C@H](c1cccc(C(F)(F)F)c1)[C@@]1(C)OC(C)=CC1=O. The van der Waals surface area contributed by atoms with Gasteiger partial charge in [0.1, 0.15) is 5.78 Å². The molecule has 0 radical (unpaired) electrons. The van der Waals surface area contributed by atoms with E-state index in [4.69, 9.17) is 4.74 Å². The average Bonchev–Trinajstić information content (AvgIpc) is 2.69. The third-order valence-electron chi connectivity index (χ3n) is 3.97. The van der Waals surface area contributed by atoms with Gasteiger partial charge in [0.05, 0.1) is 11.3 Å². The van der Waals surface area contributed by atoms with Gasteiger partial charge in [0, 0.05) is 18.4 Å². The van der Waals surface area contributed by atoms with Gasteiger partial charge in [-0.2, -0.15) is 13.2 Å². The van der Waals surface area contributed by atoms with Gasteiger partial charge in [-0.1, -0.05) is 18.2 Å². The maximum absolute atomic E-state index is 12.9. The molecule has 1 aromatic carbocycles. The van der Waals surface area contributed by atoms with Crippen molar-refractivity contribution in [1.29, 1.82) is 0 Å². The van der Waals surface area contributed by atoms with Crippen molar-refractivity contribution < 1.29 is 27.5 Å². The molecule has 0 aromatic heterocycles. The fourth-order valence-electron chi connectivity index (χ4n) is 2.83. The first-order valence-corrected chi connectivity index (χ1v) is 7.12. The van der Waals surface area contributed by atoms with E-state index in [0.29, 0.717) is 5.76 Å². The molecule has 1 aliphatic heterocycles. The zero-order chi connectivity index (χ0) is 17.4. The summed E-state index contributed by atoms with van der Waals surface area (Å²) in [5.41, 5.74) is -1.93. The summed E-state index contributed by atoms with van der Waals surface area (Å²) in [5, 5.41) is 0. The second-order valence-electron chi connectivity index (χ2n) is 5.91. The number of hydrogen-bond donors (Lipinski definition) is 0. The molecule has 0 saturated carbocycles. The Bertz CT molecular complexity index is 676. The predicted molar refractivity (Wildman–Crippen MR) is 77.7 cm³/mol. The zero-order valence-corrected chi connectivity index (χ0v) is 13.0. The second-order valence-corrected chi connectivity index (χ2v) is 5.91. The minimum absolute atomic E-state index is 0.0787. The normalized spacial score (nSPS) is 22.5. The number of allylic oxidation sites excluding steroid dienone is 1. The molecule has 0 aliphatic carbocycles. The van der Waals surface area contributed by atoms with Crippen LogP contribution < -0.4 is 0 Å². The van der Waals surface area contributed by atoms with Gasteiger partial charge in [0.2, 0.25) is 5.78 Å². The first-order valence-electron chi connectivity index (χ1n) is 7.12. The Morgan fingerprint density at radius 2 is 2.00 bits per heavy atom. The van der Waals surface area contributed by atoms with Gasteiger partial charge in [-0.3, -0.25) is 4.79 Å². The first kappa shape index (κ1) is 17.2. The van der Waals surface area contributed by atoms with Crippen molar-refractivity contribution in [2.45, 2.75) is 44.9 Å². The van der Waals surface area contributed by atoms with Gasteiger partial charge >= 0.3 is 6.18 Å². The van der Waals surface area contributed by atoms with Crippen LogP contribution in [0.15, 0.2) is 36.1 Å². The van der Waals surface area contributed by atoms with Crippen molar-refractivity contribution in [3.05, 3.63) is 47.2 Å². The van der Waals surface area contributed by atoms with E-state index in [0.717, 1.165) is 12.1 Å². The number of ketones is 2. The van der Waals surface area contributed by atoms with E-state index in [-0.39, 0.29) is 23.6 Å². The van der Waals surface area contributed by atoms with E-state index in [1.165, 1.54) is 32.1 Å². The molecule has 6 heteroatoms. The molecular weight excluding hydrogens is 309 g/mol. The number of carbonyl (C=O) groups excluding carboxylic acids is 2. The first-order chi connectivity index (χ1) is 10.5. The molecule has 0 N–H and O–H groups in total. The lowest BCUT2D eigenvalue weighted by Gasteiger charge is -2.33. The topological polar surface area (TPSA) is 43.4 Å². The number of Topliss-reactive ketones (excluding diaryl/α,β-unsaturated/α-hetero) is 1. The summed E-state index contributed by atoms with van der Waals surface area (Å²) >= 11 is 0. The van der Waals surface area contributed by atoms with Crippen LogP contribution in [0.25, 0.3) is 0 Å². The minimum Gasteiger partial charge on any atom is -0.483 e. The molecule has 1 aromatic rings. The molecule has 0 bridgehead atoms. The lowest BCUT2D eigenvalue weighted by atomic mass is 9.77. The third kappa shape index (κ3) is 3.46. The standard InChI is InChI=1S/C17H17F3O3/c1-10(21)7-14(16(3)15(22)8-11(2)23-16)12-5-4-6-13(9-12)17(18,19)20/h4-6,8-9,14H,7H2,1-3H3/t14-,16-/m1/s1. The molecule has 0 fully saturated rings. The van der Waals surface area contributed by atoms with E-state index in [9.17, 15) is 22.8 Å². The second kappa shape index (κ2) is 5.83. The van der Waals surface area contributed by atoms with Crippen LogP contribution in [0.2, 0.25) is 0 Å². The van der Waals surface area contributed by atoms with Gasteiger partial charge in [0.25, 0.3) is 0 Å². The summed E-state index contributed by atoms with van der Waals surface area (Å²) in [5.74, 6) is -0.977. The van der Waals surface area contributed by atoms with E-state index in [1.807, 2.05) is 0 Å². The number of rotatable bonds is 4. The largest absolute Gasteiger partial charge is 0.483 e. The van der Waals surface area contributed by atoms with Crippen LogP contribution in [0, 0.1) is 0 Å². The maximum Gasteiger partial charge on any atom is 0.416 e. The molecule has 1 aliphatic rings. The van der Waals surface area contributed by atoms with E-state index in [1.54, 1.807) is 6.92 Å². The molecule has 2 atom stereocenters. The molecule has 23 heavy (non-hydrogen) atoms. The Morgan fingerprint density at radius 1 is 1.35 bits per heavy atom. The Morgan fingerprint density at radius 3 is 2.48 bits per heavy atom. The number of halogens is 3. The fourth-order valence-corrected chi connectivity index (χ4v) is 2.83. The summed E-state index contributed by atoms with van der Waals surface area (Å²) in [4.78, 5) is 23.8. The van der Waals surface area contributed by atoms with Crippen molar-refractivity contribution in [3.63, 3.8) is 0 Å². The highest BCUT2D eigenvalue weighted by molar-refractivity contribution is 6.00. The lowest BCUT2D eigenvalue weighted by molar-refractivity contribution is -0.137. The fraction of sp³-hybridized carbons (Fsp3) is 0.412. The quantitative estimate of drug-likeness (QED) is 0.839. The van der Waals surface area contributed by atoms with E-state index in [2.05, 4.69) is 0 Å². The summed E-state index contributed by atoms with van der Waals surface area (Å²) < 4.78 is 44.4. The van der Waals surface area contributed by atoms with Gasteiger partial charge in [-0.25, -0.2) is 0 Å². The van der Waals surface area contributed by atoms with Crippen LogP contribution in [-0.2, 0) is 20.5 Å². The van der Waals surface area contributed by atoms with E-state index >= 15 is 0 Å². The van der Waals surface area contributed by atoms with Crippen LogP contribution in [0.5, 0.6) is 0 Å². The molecule has 0 unspecified atom stereocenters. The summed E-state index contributed by atoms with van der Waals surface area (Å²) in [6, 6.07) is 4.69. The number of alkyl halides is 3. The molecule has 1 heterocycles. The molecule has 0 spiro atoms. The van der Waals surface area contributed by atoms with E-state index < -0.39 is 23.3 Å². The van der Waals surface area contributed by atoms with Gasteiger partial charge in [0.15, 0.2) is 5.60 Å². The maximum atomic E-state index is 12.9. The number of hydrogen-bond acceptors (Lipinski definition) is 3. The molecule has 0 saturated heterocycles. The molecule has 3 nitrogen and oxygen atoms in total. The predicted octanol–water partition coefficient (Wildman–Crippen LogP) is 4.03. The van der Waals surface area contributed by atoms with Crippen LogP contribution in [0.4, 0.5) is 13.2 Å². The number of carbonyl (C=O) groups is 2. The molecule has 124 valence electrons. The van der Waals surface area contributed by atoms with Crippen molar-refractivity contribution in [2.24, 2.45) is 0 Å². The van der Waals surface area contributed by atoms with Crippen LogP contribution >= 0.6 is 0 Å². The van der Waals surface area contributed by atoms with Crippen LogP contribution in [0.1, 0.15) is 44.2 Å². The molecule has 2 rings (SSSR count). The van der Waals surface area contributed by atoms with Gasteiger partial charge in [-0.15, -0.1) is 0 Å². The Balaban J connectivity index is 2.49. The summed E-state index contributed by atoms with van der Waals surface area (Å²) in [6.07, 6.45) is -3.27. The van der Waals surface area contributed by atoms with Crippen molar-refractivity contribution >= 4 is 11.6 Å². The van der Waals surface area contributed by atoms with Gasteiger partial charge < -0.3 is 9.53 Å². The van der Waals surface area contributed by atoms with Crippen molar-refractivity contribution in [1.82, 2.24) is 0 Å². The minimum atomic E-state index is -4.49. The highest BCUT2D eigenvalue weighted by atomic mass is 19.4. The zero-order valence-electron chi connectivity index (χ0n) is 13.0. The number of benzene rings is 1. The molecule has 0 amide bonds. The summed E-state index contributed by atoms with van der Waals surface area (Å²) in [6.45, 7) is 4.44. The Kier molecular flexibility index (Phi) is 4.37. The third-order valence-corrected chi connectivity index (χ3v) is 3.97. The average molecular weight is 326 g/mol. The number of ether oxygens (including phenoxy) is 1. The Hall–Kier alpha value is -2.11. The highest BCUT2D eigenvalue weighted by Crippen LogP contribution is 2.42. The summed E-state index contributed by atoms with van der Waals surface area (Å²) in [7, 11) is 0. The van der Waals surface area contributed by atoms with Crippen molar-refractivity contribution in [3.8, 4) is 0 Å².